The van der Waals surface area contributed by atoms with E-state index in [2.05, 4.69) is 5.32 Å². The standard InChI is InChI=1S/C12H12ClNO3/c1-8(12(16)17)14-11(15)7-4-9-2-5-10(13)6-3-9/h2-8H,1H3,(H,14,15)(H,16,17)/t8-/m1/s1. The number of carbonyl (C=O) groups excluding carboxylic acids is 1. The van der Waals surface area contributed by atoms with Crippen LogP contribution in [0.25, 0.3) is 6.08 Å². The summed E-state index contributed by atoms with van der Waals surface area (Å²) in [5.41, 5.74) is 0.813. The number of hydrogen-bond donors (Lipinski definition) is 2. The van der Waals surface area contributed by atoms with Gasteiger partial charge in [-0.25, -0.2) is 0 Å². The molecule has 0 heterocycles. The van der Waals surface area contributed by atoms with Crippen LogP contribution in [0.5, 0.6) is 0 Å². The summed E-state index contributed by atoms with van der Waals surface area (Å²) in [5, 5.41) is 11.5. The van der Waals surface area contributed by atoms with Gasteiger partial charge in [-0.3, -0.25) is 9.59 Å². The molecule has 0 aromatic heterocycles. The number of carboxylic acid groups (broad SMARTS) is 1. The summed E-state index contributed by atoms with van der Waals surface area (Å²) in [4.78, 5) is 21.8. The van der Waals surface area contributed by atoms with Gasteiger partial charge in [-0.15, -0.1) is 0 Å². The van der Waals surface area contributed by atoms with Crippen LogP contribution in [-0.2, 0) is 9.59 Å². The Balaban J connectivity index is 2.56. The fourth-order valence-electron chi connectivity index (χ4n) is 1.07. The van der Waals surface area contributed by atoms with E-state index >= 15 is 0 Å². The van der Waals surface area contributed by atoms with Crippen molar-refractivity contribution in [1.29, 1.82) is 0 Å². The van der Waals surface area contributed by atoms with Gasteiger partial charge in [0.2, 0.25) is 5.91 Å². The van der Waals surface area contributed by atoms with Crippen LogP contribution in [-0.4, -0.2) is 23.0 Å². The summed E-state index contributed by atoms with van der Waals surface area (Å²) < 4.78 is 0. The normalized spacial score (nSPS) is 12.4. The van der Waals surface area contributed by atoms with Gasteiger partial charge in [0.15, 0.2) is 0 Å². The van der Waals surface area contributed by atoms with E-state index in [-0.39, 0.29) is 0 Å². The zero-order chi connectivity index (χ0) is 12.8. The average molecular weight is 254 g/mol. The second kappa shape index (κ2) is 6.06. The van der Waals surface area contributed by atoms with Gasteiger partial charge in [0, 0.05) is 11.1 Å². The molecule has 0 bridgehead atoms. The van der Waals surface area contributed by atoms with Crippen LogP contribution < -0.4 is 5.32 Å². The number of aliphatic carboxylic acids is 1. The monoisotopic (exact) mass is 253 g/mol. The van der Waals surface area contributed by atoms with Crippen LogP contribution in [0.3, 0.4) is 0 Å². The first-order chi connectivity index (χ1) is 7.99. The van der Waals surface area contributed by atoms with Gasteiger partial charge in [0.1, 0.15) is 6.04 Å². The molecule has 5 heteroatoms. The minimum Gasteiger partial charge on any atom is -0.480 e. The van der Waals surface area contributed by atoms with Crippen LogP contribution in [0.15, 0.2) is 30.3 Å². The highest BCUT2D eigenvalue weighted by Gasteiger charge is 2.11. The Morgan fingerprint density at radius 1 is 1.35 bits per heavy atom. The molecule has 1 rings (SSSR count). The van der Waals surface area contributed by atoms with Crippen molar-refractivity contribution < 1.29 is 14.7 Å². The lowest BCUT2D eigenvalue weighted by molar-refractivity contribution is -0.140. The van der Waals surface area contributed by atoms with Gasteiger partial charge >= 0.3 is 5.97 Å². The van der Waals surface area contributed by atoms with Gasteiger partial charge in [-0.05, 0) is 30.7 Å². The second-order valence-corrected chi connectivity index (χ2v) is 3.89. The lowest BCUT2D eigenvalue weighted by atomic mass is 10.2. The maximum Gasteiger partial charge on any atom is 0.325 e. The van der Waals surface area contributed by atoms with Gasteiger partial charge in [-0.1, -0.05) is 23.7 Å². The smallest absolute Gasteiger partial charge is 0.325 e. The predicted molar refractivity (Wildman–Crippen MR) is 65.7 cm³/mol. The van der Waals surface area contributed by atoms with Crippen molar-refractivity contribution in [3.05, 3.63) is 40.9 Å². The predicted octanol–water partition coefficient (Wildman–Crippen LogP) is 1.94. The number of rotatable bonds is 4. The molecule has 4 nitrogen and oxygen atoms in total. The molecule has 0 saturated heterocycles. The number of carboxylic acids is 1. The Morgan fingerprint density at radius 2 is 1.94 bits per heavy atom. The van der Waals surface area contributed by atoms with Crippen molar-refractivity contribution in [3.8, 4) is 0 Å². The molecule has 2 N–H and O–H groups in total. The molecule has 0 spiro atoms. The molecule has 0 aliphatic heterocycles. The van der Waals surface area contributed by atoms with Crippen molar-refractivity contribution in [2.45, 2.75) is 13.0 Å². The molecule has 0 saturated carbocycles. The van der Waals surface area contributed by atoms with E-state index in [0.717, 1.165) is 5.56 Å². The topological polar surface area (TPSA) is 66.4 Å². The van der Waals surface area contributed by atoms with E-state index < -0.39 is 17.9 Å². The SMILES string of the molecule is C[C@@H](NC(=O)C=Cc1ccc(Cl)cc1)C(=O)O. The lowest BCUT2D eigenvalue weighted by Gasteiger charge is -2.05. The van der Waals surface area contributed by atoms with E-state index in [9.17, 15) is 9.59 Å². The number of carbonyl (C=O) groups is 2. The lowest BCUT2D eigenvalue weighted by Crippen LogP contribution is -2.37. The Labute approximate surface area is 104 Å². The molecule has 0 fully saturated rings. The molecular weight excluding hydrogens is 242 g/mol. The average Bonchev–Trinajstić information content (AvgIpc) is 2.28. The first-order valence-corrected chi connectivity index (χ1v) is 5.34. The summed E-state index contributed by atoms with van der Waals surface area (Å²) >= 11 is 5.71. The zero-order valence-corrected chi connectivity index (χ0v) is 9.94. The fourth-order valence-corrected chi connectivity index (χ4v) is 1.20. The second-order valence-electron chi connectivity index (χ2n) is 3.45. The third kappa shape index (κ3) is 4.70. The van der Waals surface area contributed by atoms with Gasteiger partial charge in [0.25, 0.3) is 0 Å². The molecule has 0 radical (unpaired) electrons. The highest BCUT2D eigenvalue weighted by atomic mass is 35.5. The minimum atomic E-state index is -1.07. The largest absolute Gasteiger partial charge is 0.480 e. The van der Waals surface area contributed by atoms with Gasteiger partial charge in [0.05, 0.1) is 0 Å². The van der Waals surface area contributed by atoms with Crippen LogP contribution in [0.4, 0.5) is 0 Å². The van der Waals surface area contributed by atoms with Crippen molar-refractivity contribution in [1.82, 2.24) is 5.32 Å². The third-order valence-electron chi connectivity index (χ3n) is 2.03. The molecule has 17 heavy (non-hydrogen) atoms. The molecule has 1 atom stereocenters. The van der Waals surface area contributed by atoms with Crippen LogP contribution >= 0.6 is 11.6 Å². The minimum absolute atomic E-state index is 0.449. The summed E-state index contributed by atoms with van der Waals surface area (Å²) in [6.07, 6.45) is 2.86. The Morgan fingerprint density at radius 3 is 2.47 bits per heavy atom. The number of benzene rings is 1. The van der Waals surface area contributed by atoms with Crippen LogP contribution in [0, 0.1) is 0 Å². The molecule has 90 valence electrons. The Kier molecular flexibility index (Phi) is 4.72. The quantitative estimate of drug-likeness (QED) is 0.806. The highest BCUT2D eigenvalue weighted by molar-refractivity contribution is 6.30. The summed E-state index contributed by atoms with van der Waals surface area (Å²) in [5.74, 6) is -1.52. The first kappa shape index (κ1) is 13.3. The molecule has 1 aromatic carbocycles. The first-order valence-electron chi connectivity index (χ1n) is 4.96. The maximum absolute atomic E-state index is 11.3. The fraction of sp³-hybridized carbons (Fsp3) is 0.167. The Hall–Kier alpha value is -1.81. The van der Waals surface area contributed by atoms with E-state index in [0.29, 0.717) is 5.02 Å². The maximum atomic E-state index is 11.3. The molecule has 0 aliphatic carbocycles. The van der Waals surface area contributed by atoms with E-state index in [1.807, 2.05) is 0 Å². The number of amides is 1. The molecule has 1 amide bonds. The summed E-state index contributed by atoms with van der Waals surface area (Å²) in [6.45, 7) is 1.40. The summed E-state index contributed by atoms with van der Waals surface area (Å²) in [6, 6.07) is 6.02. The Bertz CT molecular complexity index is 440. The van der Waals surface area contributed by atoms with Crippen LogP contribution in [0.1, 0.15) is 12.5 Å². The number of nitrogens with one attached hydrogen (secondary N) is 1. The van der Waals surface area contributed by atoms with Crippen molar-refractivity contribution in [2.24, 2.45) is 0 Å². The van der Waals surface area contributed by atoms with Crippen molar-refractivity contribution in [3.63, 3.8) is 0 Å². The highest BCUT2D eigenvalue weighted by Crippen LogP contribution is 2.10. The van der Waals surface area contributed by atoms with E-state index in [1.165, 1.54) is 13.0 Å². The van der Waals surface area contributed by atoms with Gasteiger partial charge in [-0.2, -0.15) is 0 Å². The van der Waals surface area contributed by atoms with Gasteiger partial charge < -0.3 is 10.4 Å². The van der Waals surface area contributed by atoms with Crippen molar-refractivity contribution >= 4 is 29.6 Å². The number of halogens is 1. The summed E-state index contributed by atoms with van der Waals surface area (Å²) in [7, 11) is 0. The molecule has 1 aromatic rings. The molecular formula is C12H12ClNO3. The number of hydrogen-bond acceptors (Lipinski definition) is 2. The molecule has 0 aliphatic rings. The van der Waals surface area contributed by atoms with Crippen molar-refractivity contribution in [2.75, 3.05) is 0 Å². The van der Waals surface area contributed by atoms with E-state index in [4.69, 9.17) is 16.7 Å². The van der Waals surface area contributed by atoms with Crippen LogP contribution in [0.2, 0.25) is 5.02 Å². The van der Waals surface area contributed by atoms with E-state index in [1.54, 1.807) is 30.3 Å². The molecule has 0 unspecified atom stereocenters. The zero-order valence-electron chi connectivity index (χ0n) is 9.18. The third-order valence-corrected chi connectivity index (χ3v) is 2.28.